The second-order valence-corrected chi connectivity index (χ2v) is 4.75. The van der Waals surface area contributed by atoms with Gasteiger partial charge < -0.3 is 5.32 Å². The van der Waals surface area contributed by atoms with Gasteiger partial charge in [-0.05, 0) is 56.5 Å². The number of aryl methyl sites for hydroxylation is 2. The highest BCUT2D eigenvalue weighted by Gasteiger charge is 1.97. The summed E-state index contributed by atoms with van der Waals surface area (Å²) in [4.78, 5) is 0. The van der Waals surface area contributed by atoms with Crippen molar-refractivity contribution in [1.29, 1.82) is 0 Å². The molecule has 0 atom stereocenters. The van der Waals surface area contributed by atoms with Gasteiger partial charge in [0.15, 0.2) is 0 Å². The average Bonchev–Trinajstić information content (AvgIpc) is 2.23. The fourth-order valence-electron chi connectivity index (χ4n) is 1.55. The van der Waals surface area contributed by atoms with Crippen LogP contribution in [0.3, 0.4) is 0 Å². The van der Waals surface area contributed by atoms with Crippen molar-refractivity contribution in [3.8, 4) is 0 Å². The van der Waals surface area contributed by atoms with Crippen LogP contribution in [0.15, 0.2) is 22.7 Å². The minimum Gasteiger partial charge on any atom is -0.317 e. The minimum absolute atomic E-state index is 1.08. The Kier molecular flexibility index (Phi) is 5.96. The van der Waals surface area contributed by atoms with Gasteiger partial charge in [0.05, 0.1) is 0 Å². The molecule has 2 heteroatoms. The van der Waals surface area contributed by atoms with Crippen LogP contribution < -0.4 is 5.32 Å². The second kappa shape index (κ2) is 7.02. The molecule has 1 aromatic rings. The Balaban J connectivity index is 2.28. The van der Waals surface area contributed by atoms with Crippen molar-refractivity contribution in [3.63, 3.8) is 0 Å². The summed E-state index contributed by atoms with van der Waals surface area (Å²) in [5, 5.41) is 3.35. The van der Waals surface area contributed by atoms with E-state index in [1.165, 1.54) is 34.9 Å². The van der Waals surface area contributed by atoms with Gasteiger partial charge in [0, 0.05) is 4.47 Å². The molecule has 0 saturated carbocycles. The number of halogens is 1. The third-order valence-corrected chi connectivity index (χ3v) is 3.41. The summed E-state index contributed by atoms with van der Waals surface area (Å²) in [6.45, 7) is 6.50. The summed E-state index contributed by atoms with van der Waals surface area (Å²) in [6, 6.07) is 6.65. The van der Waals surface area contributed by atoms with Crippen LogP contribution in [0.4, 0.5) is 0 Å². The van der Waals surface area contributed by atoms with Crippen molar-refractivity contribution in [2.75, 3.05) is 13.1 Å². The van der Waals surface area contributed by atoms with Crippen molar-refractivity contribution in [2.45, 2.75) is 33.1 Å². The van der Waals surface area contributed by atoms with E-state index in [2.05, 4.69) is 53.3 Å². The van der Waals surface area contributed by atoms with Crippen LogP contribution in [0, 0.1) is 6.92 Å². The van der Waals surface area contributed by atoms with Gasteiger partial charge in [0.1, 0.15) is 0 Å². The molecule has 15 heavy (non-hydrogen) atoms. The van der Waals surface area contributed by atoms with E-state index >= 15 is 0 Å². The summed E-state index contributed by atoms with van der Waals surface area (Å²) in [5.74, 6) is 0. The predicted molar refractivity (Wildman–Crippen MR) is 70.4 cm³/mol. The Morgan fingerprint density at radius 3 is 2.73 bits per heavy atom. The Morgan fingerprint density at radius 1 is 1.27 bits per heavy atom. The molecule has 1 aromatic carbocycles. The molecule has 84 valence electrons. The fraction of sp³-hybridized carbons (Fsp3) is 0.538. The first-order valence-electron chi connectivity index (χ1n) is 5.69. The molecule has 0 saturated heterocycles. The van der Waals surface area contributed by atoms with Gasteiger partial charge in [0.2, 0.25) is 0 Å². The zero-order valence-electron chi connectivity index (χ0n) is 9.65. The number of nitrogens with one attached hydrogen (secondary N) is 1. The van der Waals surface area contributed by atoms with Gasteiger partial charge in [-0.1, -0.05) is 35.0 Å². The lowest BCUT2D eigenvalue weighted by molar-refractivity contribution is 0.641. The van der Waals surface area contributed by atoms with E-state index in [0.29, 0.717) is 0 Å². The van der Waals surface area contributed by atoms with Crippen LogP contribution in [-0.2, 0) is 6.42 Å². The Morgan fingerprint density at radius 2 is 2.07 bits per heavy atom. The maximum Gasteiger partial charge on any atom is 0.0207 e. The first kappa shape index (κ1) is 12.7. The summed E-state index contributed by atoms with van der Waals surface area (Å²) >= 11 is 3.57. The molecular weight excluding hydrogens is 250 g/mol. The molecule has 0 heterocycles. The van der Waals surface area contributed by atoms with Crippen LogP contribution in [0.25, 0.3) is 0 Å². The molecule has 0 spiro atoms. The minimum atomic E-state index is 1.08. The van der Waals surface area contributed by atoms with Gasteiger partial charge in [-0.15, -0.1) is 0 Å². The van der Waals surface area contributed by atoms with E-state index in [-0.39, 0.29) is 0 Å². The van der Waals surface area contributed by atoms with E-state index in [4.69, 9.17) is 0 Å². The van der Waals surface area contributed by atoms with E-state index < -0.39 is 0 Å². The highest BCUT2D eigenvalue weighted by Crippen LogP contribution is 2.18. The lowest BCUT2D eigenvalue weighted by Gasteiger charge is -2.04. The monoisotopic (exact) mass is 269 g/mol. The summed E-state index contributed by atoms with van der Waals surface area (Å²) < 4.78 is 1.23. The molecule has 0 fully saturated rings. The molecule has 0 bridgehead atoms. The largest absolute Gasteiger partial charge is 0.317 e. The van der Waals surface area contributed by atoms with Crippen LogP contribution in [-0.4, -0.2) is 13.1 Å². The second-order valence-electron chi connectivity index (χ2n) is 3.89. The average molecular weight is 270 g/mol. The first-order valence-corrected chi connectivity index (χ1v) is 6.49. The van der Waals surface area contributed by atoms with Crippen LogP contribution in [0.5, 0.6) is 0 Å². The summed E-state index contributed by atoms with van der Waals surface area (Å²) in [7, 11) is 0. The van der Waals surface area contributed by atoms with Crippen molar-refractivity contribution in [3.05, 3.63) is 33.8 Å². The summed E-state index contributed by atoms with van der Waals surface area (Å²) in [6.07, 6.45) is 3.71. The van der Waals surface area contributed by atoms with Gasteiger partial charge in [0.25, 0.3) is 0 Å². The first-order chi connectivity index (χ1) is 7.24. The van der Waals surface area contributed by atoms with E-state index in [1.807, 2.05) is 0 Å². The van der Waals surface area contributed by atoms with E-state index in [0.717, 1.165) is 13.1 Å². The maximum atomic E-state index is 3.57. The van der Waals surface area contributed by atoms with Crippen molar-refractivity contribution in [1.82, 2.24) is 5.32 Å². The zero-order chi connectivity index (χ0) is 11.1. The molecule has 0 aliphatic rings. The molecule has 0 aliphatic carbocycles. The van der Waals surface area contributed by atoms with Gasteiger partial charge >= 0.3 is 0 Å². The molecule has 0 aromatic heterocycles. The van der Waals surface area contributed by atoms with Crippen molar-refractivity contribution >= 4 is 15.9 Å². The number of benzene rings is 1. The molecule has 0 unspecified atom stereocenters. The topological polar surface area (TPSA) is 12.0 Å². The highest BCUT2D eigenvalue weighted by molar-refractivity contribution is 9.10. The van der Waals surface area contributed by atoms with Gasteiger partial charge in [-0.25, -0.2) is 0 Å². The van der Waals surface area contributed by atoms with Crippen LogP contribution in [0.2, 0.25) is 0 Å². The molecule has 1 nitrogen and oxygen atoms in total. The molecule has 1 rings (SSSR count). The normalized spacial score (nSPS) is 10.6. The van der Waals surface area contributed by atoms with Gasteiger partial charge in [-0.2, -0.15) is 0 Å². The Labute approximate surface area is 101 Å². The smallest absolute Gasteiger partial charge is 0.0207 e. The third-order valence-electron chi connectivity index (χ3n) is 2.56. The lowest BCUT2D eigenvalue weighted by Crippen LogP contribution is -2.13. The lowest BCUT2D eigenvalue weighted by atomic mass is 10.1. The Hall–Kier alpha value is -0.340. The molecule has 0 amide bonds. The Bertz CT molecular complexity index is 297. The standard InChI is InChI=1S/C13H20BrN/c1-3-15-9-5-4-6-12-8-7-11(2)13(14)10-12/h7-8,10,15H,3-6,9H2,1-2H3. The SMILES string of the molecule is CCNCCCCc1ccc(C)c(Br)c1. The van der Waals surface area contributed by atoms with Gasteiger partial charge in [-0.3, -0.25) is 0 Å². The molecule has 0 radical (unpaired) electrons. The van der Waals surface area contributed by atoms with Crippen molar-refractivity contribution in [2.24, 2.45) is 0 Å². The van der Waals surface area contributed by atoms with E-state index in [1.54, 1.807) is 0 Å². The molecular formula is C13H20BrN. The molecule has 1 N–H and O–H groups in total. The molecule has 0 aliphatic heterocycles. The number of hydrogen-bond donors (Lipinski definition) is 1. The highest BCUT2D eigenvalue weighted by atomic mass is 79.9. The maximum absolute atomic E-state index is 3.57. The predicted octanol–water partition coefficient (Wildman–Crippen LogP) is 3.69. The number of rotatable bonds is 6. The number of hydrogen-bond acceptors (Lipinski definition) is 1. The van der Waals surface area contributed by atoms with Crippen LogP contribution in [0.1, 0.15) is 30.9 Å². The fourth-order valence-corrected chi connectivity index (χ4v) is 1.97. The van der Waals surface area contributed by atoms with Crippen LogP contribution >= 0.6 is 15.9 Å². The van der Waals surface area contributed by atoms with E-state index in [9.17, 15) is 0 Å². The quantitative estimate of drug-likeness (QED) is 0.777. The van der Waals surface area contributed by atoms with Crippen molar-refractivity contribution < 1.29 is 0 Å². The number of unbranched alkanes of at least 4 members (excludes halogenated alkanes) is 1. The summed E-state index contributed by atoms with van der Waals surface area (Å²) in [5.41, 5.74) is 2.75. The third kappa shape index (κ3) is 4.80. The zero-order valence-corrected chi connectivity index (χ0v) is 11.2.